The molecule has 0 N–H and O–H groups in total. The first-order valence-electron chi connectivity index (χ1n) is 7.70. The highest BCUT2D eigenvalue weighted by Crippen LogP contribution is 2.30. The number of anilines is 2. The van der Waals surface area contributed by atoms with Gasteiger partial charge in [0.05, 0.1) is 17.6 Å². The van der Waals surface area contributed by atoms with Crippen molar-refractivity contribution in [2.45, 2.75) is 19.3 Å². The Labute approximate surface area is 141 Å². The van der Waals surface area contributed by atoms with Gasteiger partial charge in [-0.3, -0.25) is 4.31 Å². The molecule has 124 valence electrons. The number of thiazole rings is 1. The van der Waals surface area contributed by atoms with E-state index in [2.05, 4.69) is 10.3 Å². The second-order valence-electron chi connectivity index (χ2n) is 5.84. The largest absolute Gasteiger partial charge is 0.348 e. The zero-order chi connectivity index (χ0) is 16.4. The molecule has 0 aliphatic carbocycles. The lowest BCUT2D eigenvalue weighted by molar-refractivity contribution is 0.577. The number of hydrogen-bond donors (Lipinski definition) is 0. The maximum absolute atomic E-state index is 11.6. The second kappa shape index (κ2) is 6.49. The molecule has 7 heteroatoms. The van der Waals surface area contributed by atoms with Crippen LogP contribution in [0.1, 0.15) is 19.3 Å². The van der Waals surface area contributed by atoms with E-state index in [9.17, 15) is 8.42 Å². The molecule has 1 aliphatic rings. The number of benzene rings is 1. The molecule has 0 unspecified atom stereocenters. The summed E-state index contributed by atoms with van der Waals surface area (Å²) in [5, 5.41) is 3.15. The standard InChI is InChI=1S/C16H21N3O2S2/c1-18(23(2,20)21)14-8-6-13(7-9-14)15-12-22-16(17-15)19-10-4-3-5-11-19/h6-9,12H,3-5,10-11H2,1-2H3. The Balaban J connectivity index is 1.78. The quantitative estimate of drug-likeness (QED) is 0.849. The first-order chi connectivity index (χ1) is 10.9. The lowest BCUT2D eigenvalue weighted by Crippen LogP contribution is -2.29. The van der Waals surface area contributed by atoms with E-state index in [1.807, 2.05) is 24.3 Å². The van der Waals surface area contributed by atoms with Crippen LogP contribution >= 0.6 is 11.3 Å². The van der Waals surface area contributed by atoms with Gasteiger partial charge in [0.25, 0.3) is 0 Å². The fourth-order valence-corrected chi connectivity index (χ4v) is 4.05. The highest BCUT2D eigenvalue weighted by atomic mass is 32.2. The summed E-state index contributed by atoms with van der Waals surface area (Å²) in [5.41, 5.74) is 2.61. The molecule has 0 saturated carbocycles. The minimum Gasteiger partial charge on any atom is -0.348 e. The van der Waals surface area contributed by atoms with Crippen molar-refractivity contribution in [3.05, 3.63) is 29.6 Å². The van der Waals surface area contributed by atoms with Crippen LogP contribution in [-0.4, -0.2) is 39.8 Å². The summed E-state index contributed by atoms with van der Waals surface area (Å²) in [6.45, 7) is 2.18. The van der Waals surface area contributed by atoms with Crippen LogP contribution in [0.2, 0.25) is 0 Å². The van der Waals surface area contributed by atoms with Crippen LogP contribution in [0.3, 0.4) is 0 Å². The van der Waals surface area contributed by atoms with Crippen molar-refractivity contribution in [1.29, 1.82) is 0 Å². The van der Waals surface area contributed by atoms with Crippen LogP contribution in [0, 0.1) is 0 Å². The van der Waals surface area contributed by atoms with E-state index in [4.69, 9.17) is 4.98 Å². The Morgan fingerprint density at radius 1 is 1.13 bits per heavy atom. The molecule has 2 heterocycles. The van der Waals surface area contributed by atoms with E-state index >= 15 is 0 Å². The third-order valence-electron chi connectivity index (χ3n) is 4.14. The zero-order valence-electron chi connectivity index (χ0n) is 13.4. The number of hydrogen-bond acceptors (Lipinski definition) is 5. The minimum absolute atomic E-state index is 0.655. The van der Waals surface area contributed by atoms with Crippen molar-refractivity contribution in [2.75, 3.05) is 35.6 Å². The molecular formula is C16H21N3O2S2. The maximum atomic E-state index is 11.6. The van der Waals surface area contributed by atoms with Gasteiger partial charge >= 0.3 is 0 Å². The van der Waals surface area contributed by atoms with Crippen molar-refractivity contribution in [2.24, 2.45) is 0 Å². The zero-order valence-corrected chi connectivity index (χ0v) is 15.0. The van der Waals surface area contributed by atoms with E-state index in [1.54, 1.807) is 18.4 Å². The Morgan fingerprint density at radius 3 is 2.39 bits per heavy atom. The van der Waals surface area contributed by atoms with Crippen LogP contribution in [0.25, 0.3) is 11.3 Å². The van der Waals surface area contributed by atoms with E-state index in [1.165, 1.54) is 29.8 Å². The SMILES string of the molecule is CN(c1ccc(-c2csc(N3CCCCC3)n2)cc1)S(C)(=O)=O. The molecular weight excluding hydrogens is 330 g/mol. The minimum atomic E-state index is -3.23. The monoisotopic (exact) mass is 351 g/mol. The summed E-state index contributed by atoms with van der Waals surface area (Å²) in [4.78, 5) is 7.09. The molecule has 0 atom stereocenters. The molecule has 2 aromatic rings. The summed E-state index contributed by atoms with van der Waals surface area (Å²) in [5.74, 6) is 0. The van der Waals surface area contributed by atoms with Gasteiger partial charge in [0.1, 0.15) is 0 Å². The number of nitrogens with zero attached hydrogens (tertiary/aromatic N) is 3. The lowest BCUT2D eigenvalue weighted by atomic mass is 10.1. The van der Waals surface area contributed by atoms with Crippen LogP contribution in [-0.2, 0) is 10.0 Å². The molecule has 1 aliphatic heterocycles. The van der Waals surface area contributed by atoms with Gasteiger partial charge in [-0.15, -0.1) is 11.3 Å². The van der Waals surface area contributed by atoms with Gasteiger partial charge in [-0.1, -0.05) is 12.1 Å². The van der Waals surface area contributed by atoms with Gasteiger partial charge in [0.15, 0.2) is 5.13 Å². The fourth-order valence-electron chi connectivity index (χ4n) is 2.66. The first kappa shape index (κ1) is 16.3. The maximum Gasteiger partial charge on any atom is 0.231 e. The van der Waals surface area contributed by atoms with Gasteiger partial charge in [-0.2, -0.15) is 0 Å². The van der Waals surface area contributed by atoms with Crippen LogP contribution in [0.15, 0.2) is 29.6 Å². The lowest BCUT2D eigenvalue weighted by Gasteiger charge is -2.25. The summed E-state index contributed by atoms with van der Waals surface area (Å²) in [6.07, 6.45) is 4.99. The Bertz CT molecular complexity index is 763. The van der Waals surface area contributed by atoms with Crippen LogP contribution in [0.5, 0.6) is 0 Å². The van der Waals surface area contributed by atoms with Crippen LogP contribution < -0.4 is 9.21 Å². The van der Waals surface area contributed by atoms with Gasteiger partial charge in [-0.25, -0.2) is 13.4 Å². The van der Waals surface area contributed by atoms with Crippen molar-refractivity contribution < 1.29 is 8.42 Å². The molecule has 1 saturated heterocycles. The number of sulfonamides is 1. The van der Waals surface area contributed by atoms with Gasteiger partial charge in [-0.05, 0) is 31.4 Å². The number of piperidine rings is 1. The molecule has 0 amide bonds. The highest BCUT2D eigenvalue weighted by Gasteiger charge is 2.15. The van der Waals surface area contributed by atoms with E-state index in [0.717, 1.165) is 29.5 Å². The molecule has 1 fully saturated rings. The second-order valence-corrected chi connectivity index (χ2v) is 8.69. The normalized spacial score (nSPS) is 15.7. The number of aromatic nitrogens is 1. The van der Waals surface area contributed by atoms with Gasteiger partial charge in [0, 0.05) is 31.1 Å². The molecule has 0 spiro atoms. The highest BCUT2D eigenvalue weighted by molar-refractivity contribution is 7.92. The van der Waals surface area contributed by atoms with Gasteiger partial charge in [0.2, 0.25) is 10.0 Å². The Kier molecular flexibility index (Phi) is 4.59. The van der Waals surface area contributed by atoms with E-state index < -0.39 is 10.0 Å². The predicted octanol–water partition coefficient (Wildman–Crippen LogP) is 3.20. The predicted molar refractivity (Wildman–Crippen MR) is 96.9 cm³/mol. The van der Waals surface area contributed by atoms with Crippen molar-refractivity contribution in [3.63, 3.8) is 0 Å². The molecule has 23 heavy (non-hydrogen) atoms. The first-order valence-corrected chi connectivity index (χ1v) is 10.4. The van der Waals surface area contributed by atoms with E-state index in [0.29, 0.717) is 5.69 Å². The summed E-state index contributed by atoms with van der Waals surface area (Å²) < 4.78 is 24.4. The third kappa shape index (κ3) is 3.67. The topological polar surface area (TPSA) is 53.5 Å². The third-order valence-corrected chi connectivity index (χ3v) is 6.25. The average molecular weight is 351 g/mol. The molecule has 5 nitrogen and oxygen atoms in total. The Morgan fingerprint density at radius 2 is 1.78 bits per heavy atom. The van der Waals surface area contributed by atoms with Gasteiger partial charge < -0.3 is 4.90 Å². The molecule has 0 radical (unpaired) electrons. The van der Waals surface area contributed by atoms with E-state index in [-0.39, 0.29) is 0 Å². The molecule has 3 rings (SSSR count). The molecule has 1 aromatic carbocycles. The summed E-state index contributed by atoms with van der Waals surface area (Å²) in [6, 6.07) is 7.48. The summed E-state index contributed by atoms with van der Waals surface area (Å²) in [7, 11) is -1.67. The van der Waals surface area contributed by atoms with Crippen molar-refractivity contribution in [3.8, 4) is 11.3 Å². The molecule has 0 bridgehead atoms. The Hall–Kier alpha value is -1.60. The van der Waals surface area contributed by atoms with Crippen molar-refractivity contribution in [1.82, 2.24) is 4.98 Å². The van der Waals surface area contributed by atoms with Crippen LogP contribution in [0.4, 0.5) is 10.8 Å². The average Bonchev–Trinajstić information content (AvgIpc) is 3.04. The smallest absolute Gasteiger partial charge is 0.231 e. The molecule has 1 aromatic heterocycles. The fraction of sp³-hybridized carbons (Fsp3) is 0.438. The summed E-state index contributed by atoms with van der Waals surface area (Å²) >= 11 is 1.67. The number of rotatable bonds is 4. The van der Waals surface area contributed by atoms with Crippen molar-refractivity contribution >= 4 is 32.2 Å².